The molecule has 120 valence electrons. The predicted octanol–water partition coefficient (Wildman–Crippen LogP) is 4.88. The lowest BCUT2D eigenvalue weighted by molar-refractivity contribution is -0.122. The molecule has 0 N–H and O–H groups in total. The summed E-state index contributed by atoms with van der Waals surface area (Å²) in [4.78, 5) is 25.8. The number of rotatable bonds is 4. The summed E-state index contributed by atoms with van der Waals surface area (Å²) in [6.45, 7) is 5.88. The highest BCUT2D eigenvalue weighted by Gasteiger charge is 2.33. The molecule has 4 heteroatoms. The third-order valence-corrected chi connectivity index (χ3v) is 4.66. The van der Waals surface area contributed by atoms with Gasteiger partial charge in [-0.05, 0) is 47.5 Å². The van der Waals surface area contributed by atoms with E-state index >= 15 is 0 Å². The Kier molecular flexibility index (Phi) is 4.67. The number of imide groups is 1. The molecule has 0 bridgehead atoms. The fourth-order valence-corrected chi connectivity index (χ4v) is 3.34. The molecule has 1 aliphatic rings. The van der Waals surface area contributed by atoms with E-state index in [0.717, 1.165) is 28.5 Å². The first-order chi connectivity index (χ1) is 11.6. The van der Waals surface area contributed by atoms with Gasteiger partial charge < -0.3 is 0 Å². The molecule has 0 unspecified atom stereocenters. The number of benzene rings is 2. The Bertz CT molecular complexity index is 837. The highest BCUT2D eigenvalue weighted by Crippen LogP contribution is 2.32. The second-order valence-electron chi connectivity index (χ2n) is 5.57. The molecule has 0 radical (unpaired) electrons. The molecule has 24 heavy (non-hydrogen) atoms. The summed E-state index contributed by atoms with van der Waals surface area (Å²) in [5, 5.41) is -0.249. The van der Waals surface area contributed by atoms with E-state index in [-0.39, 0.29) is 17.7 Å². The molecular weight excluding hydrogens is 318 g/mol. The van der Waals surface area contributed by atoms with Crippen LogP contribution >= 0.6 is 11.8 Å². The number of nitrogens with zero attached hydrogens (tertiary/aromatic N) is 1. The number of thioether (sulfide) groups is 1. The van der Waals surface area contributed by atoms with E-state index < -0.39 is 0 Å². The van der Waals surface area contributed by atoms with Crippen LogP contribution in [-0.4, -0.2) is 22.6 Å². The summed E-state index contributed by atoms with van der Waals surface area (Å²) in [7, 11) is 0. The van der Waals surface area contributed by atoms with Gasteiger partial charge in [-0.3, -0.25) is 14.5 Å². The first-order valence-corrected chi connectivity index (χ1v) is 8.43. The van der Waals surface area contributed by atoms with Gasteiger partial charge in [0.1, 0.15) is 0 Å². The Morgan fingerprint density at radius 1 is 1.08 bits per heavy atom. The van der Waals surface area contributed by atoms with Crippen molar-refractivity contribution in [1.29, 1.82) is 0 Å². The summed E-state index contributed by atoms with van der Waals surface area (Å²) in [5.74, 6) is -0.259. The standard InChI is InChI=1S/C20H17NO2S/c1-3-11-21-19(22)18(24-20(21)23)13-15-5-4-6-17(12-15)16-9-7-14(2)8-10-16/h3-10,12-13H,1,11H2,2H3/b18-13-. The van der Waals surface area contributed by atoms with Crippen LogP contribution in [0.25, 0.3) is 17.2 Å². The Balaban J connectivity index is 1.90. The van der Waals surface area contributed by atoms with Gasteiger partial charge in [-0.1, -0.05) is 54.1 Å². The van der Waals surface area contributed by atoms with Gasteiger partial charge in [0.15, 0.2) is 0 Å². The summed E-state index contributed by atoms with van der Waals surface area (Å²) < 4.78 is 0. The lowest BCUT2D eigenvalue weighted by atomic mass is 10.0. The first-order valence-electron chi connectivity index (χ1n) is 7.62. The van der Waals surface area contributed by atoms with Crippen molar-refractivity contribution in [2.45, 2.75) is 6.92 Å². The molecule has 0 spiro atoms. The number of carbonyl (C=O) groups excluding carboxylic acids is 2. The second kappa shape index (κ2) is 6.89. The highest BCUT2D eigenvalue weighted by molar-refractivity contribution is 8.18. The monoisotopic (exact) mass is 335 g/mol. The van der Waals surface area contributed by atoms with Crippen LogP contribution in [0.4, 0.5) is 4.79 Å². The maximum atomic E-state index is 12.3. The largest absolute Gasteiger partial charge is 0.293 e. The number of aryl methyl sites for hydroxylation is 1. The van der Waals surface area contributed by atoms with Crippen molar-refractivity contribution in [1.82, 2.24) is 4.90 Å². The number of carbonyl (C=O) groups is 2. The SMILES string of the molecule is C=CCN1C(=O)S/C(=C\c2cccc(-c3ccc(C)cc3)c2)C1=O. The van der Waals surface area contributed by atoms with E-state index in [0.29, 0.717) is 4.91 Å². The van der Waals surface area contributed by atoms with Gasteiger partial charge in [0.25, 0.3) is 11.1 Å². The zero-order chi connectivity index (χ0) is 17.1. The van der Waals surface area contributed by atoms with Gasteiger partial charge in [0.05, 0.1) is 4.91 Å². The molecule has 3 rings (SSSR count). The molecule has 1 fully saturated rings. The summed E-state index contributed by atoms with van der Waals surface area (Å²) in [6, 6.07) is 16.2. The van der Waals surface area contributed by atoms with E-state index in [1.54, 1.807) is 12.2 Å². The van der Waals surface area contributed by atoms with Crippen molar-refractivity contribution in [3.63, 3.8) is 0 Å². The Hall–Kier alpha value is -2.59. The molecule has 0 saturated carbocycles. The molecule has 1 saturated heterocycles. The van der Waals surface area contributed by atoms with E-state index in [4.69, 9.17) is 0 Å². The Labute approximate surface area is 145 Å². The summed E-state index contributed by atoms with van der Waals surface area (Å²) in [6.07, 6.45) is 3.32. The normalized spacial score (nSPS) is 16.0. The molecule has 1 aliphatic heterocycles. The topological polar surface area (TPSA) is 37.4 Å². The lowest BCUT2D eigenvalue weighted by Gasteiger charge is -2.08. The average Bonchev–Trinajstić information content (AvgIpc) is 2.84. The molecule has 2 aromatic carbocycles. The van der Waals surface area contributed by atoms with Crippen LogP contribution in [0.15, 0.2) is 66.1 Å². The molecule has 1 heterocycles. The van der Waals surface area contributed by atoms with Crippen molar-refractivity contribution in [3.05, 3.63) is 77.2 Å². The molecule has 0 aromatic heterocycles. The van der Waals surface area contributed by atoms with Gasteiger partial charge >= 0.3 is 0 Å². The highest BCUT2D eigenvalue weighted by atomic mass is 32.2. The summed E-state index contributed by atoms with van der Waals surface area (Å²) in [5.41, 5.74) is 4.31. The average molecular weight is 335 g/mol. The Morgan fingerprint density at radius 3 is 2.54 bits per heavy atom. The van der Waals surface area contributed by atoms with E-state index in [2.05, 4.69) is 37.8 Å². The molecule has 2 amide bonds. The van der Waals surface area contributed by atoms with Gasteiger partial charge in [-0.25, -0.2) is 0 Å². The van der Waals surface area contributed by atoms with Crippen LogP contribution in [0.5, 0.6) is 0 Å². The van der Waals surface area contributed by atoms with Crippen LogP contribution in [0, 0.1) is 6.92 Å². The van der Waals surface area contributed by atoms with Crippen molar-refractivity contribution in [2.24, 2.45) is 0 Å². The number of hydrogen-bond donors (Lipinski definition) is 0. The lowest BCUT2D eigenvalue weighted by Crippen LogP contribution is -2.27. The second-order valence-corrected chi connectivity index (χ2v) is 6.57. The molecule has 3 nitrogen and oxygen atoms in total. The van der Waals surface area contributed by atoms with Crippen molar-refractivity contribution in [3.8, 4) is 11.1 Å². The van der Waals surface area contributed by atoms with Crippen LogP contribution in [-0.2, 0) is 4.79 Å². The van der Waals surface area contributed by atoms with Gasteiger partial charge in [0.2, 0.25) is 0 Å². The van der Waals surface area contributed by atoms with E-state index in [1.165, 1.54) is 10.5 Å². The minimum atomic E-state index is -0.259. The quantitative estimate of drug-likeness (QED) is 0.590. The van der Waals surface area contributed by atoms with Crippen LogP contribution in [0.1, 0.15) is 11.1 Å². The summed E-state index contributed by atoms with van der Waals surface area (Å²) >= 11 is 0.971. The smallest absolute Gasteiger partial charge is 0.268 e. The maximum absolute atomic E-state index is 12.3. The minimum absolute atomic E-state index is 0.241. The first kappa shape index (κ1) is 16.3. The molecule has 0 atom stereocenters. The number of hydrogen-bond acceptors (Lipinski definition) is 3. The molecule has 2 aromatic rings. The molecular formula is C20H17NO2S. The third-order valence-electron chi connectivity index (χ3n) is 3.75. The fraction of sp³-hybridized carbons (Fsp3) is 0.100. The van der Waals surface area contributed by atoms with Crippen molar-refractivity contribution in [2.75, 3.05) is 6.54 Å². The third kappa shape index (κ3) is 3.34. The van der Waals surface area contributed by atoms with Crippen molar-refractivity contribution >= 4 is 29.0 Å². The van der Waals surface area contributed by atoms with Gasteiger partial charge in [-0.15, -0.1) is 6.58 Å². The number of amides is 2. The maximum Gasteiger partial charge on any atom is 0.293 e. The van der Waals surface area contributed by atoms with Crippen molar-refractivity contribution < 1.29 is 9.59 Å². The Morgan fingerprint density at radius 2 is 1.83 bits per heavy atom. The van der Waals surface area contributed by atoms with Gasteiger partial charge in [-0.2, -0.15) is 0 Å². The van der Waals surface area contributed by atoms with E-state index in [9.17, 15) is 9.59 Å². The molecule has 0 aliphatic carbocycles. The van der Waals surface area contributed by atoms with E-state index in [1.807, 2.05) is 24.3 Å². The zero-order valence-electron chi connectivity index (χ0n) is 13.4. The van der Waals surface area contributed by atoms with Crippen LogP contribution in [0.2, 0.25) is 0 Å². The zero-order valence-corrected chi connectivity index (χ0v) is 14.2. The predicted molar refractivity (Wildman–Crippen MR) is 99.5 cm³/mol. The minimum Gasteiger partial charge on any atom is -0.268 e. The fourth-order valence-electron chi connectivity index (χ4n) is 2.49. The van der Waals surface area contributed by atoms with Gasteiger partial charge in [0, 0.05) is 6.54 Å². The van der Waals surface area contributed by atoms with Crippen LogP contribution < -0.4 is 0 Å². The van der Waals surface area contributed by atoms with Crippen LogP contribution in [0.3, 0.4) is 0 Å².